The van der Waals surface area contributed by atoms with Gasteiger partial charge in [-0.05, 0) is 103 Å². The number of anilines is 2. The highest BCUT2D eigenvalue weighted by molar-refractivity contribution is 6.12. The number of hydrogen-bond acceptors (Lipinski definition) is 4. The third kappa shape index (κ3) is 4.41. The Morgan fingerprint density at radius 3 is 1.81 bits per heavy atom. The van der Waals surface area contributed by atoms with Gasteiger partial charge in [0.15, 0.2) is 0 Å². The molecule has 52 heavy (non-hydrogen) atoms. The van der Waals surface area contributed by atoms with Crippen LogP contribution in [0.3, 0.4) is 0 Å². The highest BCUT2D eigenvalue weighted by atomic mass is 15.4. The Kier molecular flexibility index (Phi) is 7.05. The molecule has 0 fully saturated rings. The van der Waals surface area contributed by atoms with Gasteiger partial charge in [-0.15, -0.1) is 0 Å². The highest BCUT2D eigenvalue weighted by Crippen LogP contribution is 2.55. The Morgan fingerprint density at radius 2 is 1.17 bits per heavy atom. The summed E-state index contributed by atoms with van der Waals surface area (Å²) in [7, 11) is 4.38. The monoisotopic (exact) mass is 683 g/mol. The molecular formula is C47H49N5. The first-order chi connectivity index (χ1) is 24.9. The molecule has 3 aliphatic heterocycles. The lowest BCUT2D eigenvalue weighted by Gasteiger charge is -2.42. The van der Waals surface area contributed by atoms with E-state index >= 15 is 0 Å². The number of nitrogens with zero attached hydrogens (tertiary/aromatic N) is 5. The molecule has 1 unspecified atom stereocenters. The van der Waals surface area contributed by atoms with E-state index in [0.29, 0.717) is 0 Å². The average molecular weight is 684 g/mol. The van der Waals surface area contributed by atoms with Gasteiger partial charge in [0.1, 0.15) is 0 Å². The van der Waals surface area contributed by atoms with Gasteiger partial charge < -0.3 is 24.2 Å². The third-order valence-electron chi connectivity index (χ3n) is 12.5. The molecule has 0 aliphatic carbocycles. The lowest BCUT2D eigenvalue weighted by Crippen LogP contribution is -2.36. The zero-order valence-corrected chi connectivity index (χ0v) is 32.0. The Hall–Kier alpha value is -5.42. The minimum Gasteiger partial charge on any atom is -0.359 e. The molecule has 0 N–H and O–H groups in total. The van der Waals surface area contributed by atoms with Gasteiger partial charge in [-0.2, -0.15) is 0 Å². The number of fused-ring (bicyclic) bond motifs is 5. The second-order valence-corrected chi connectivity index (χ2v) is 16.3. The Balaban J connectivity index is 1.42. The van der Waals surface area contributed by atoms with E-state index < -0.39 is 5.41 Å². The van der Waals surface area contributed by atoms with E-state index in [1.165, 1.54) is 89.5 Å². The summed E-state index contributed by atoms with van der Waals surface area (Å²) in [6, 6.07) is 42.0. The standard InChI is InChI=1S/C47H49N5/c1-30-32(3)50(28-48(30)8)37-18-13-17-36(25-37)47(34-15-11-10-12-16-34)41-20-14-19-39-40-26-35(46(5,6)7)21-23-43(40)52(45(39)41)44-24-22-38(27-42(44)47)51-29-49(9)31(2)33(51)4/h10-27H,28-29H2,1-9H3. The van der Waals surface area contributed by atoms with Crippen molar-refractivity contribution in [3.63, 3.8) is 0 Å². The van der Waals surface area contributed by atoms with E-state index in [1.807, 2.05) is 0 Å². The van der Waals surface area contributed by atoms with Crippen molar-refractivity contribution in [3.05, 3.63) is 160 Å². The fourth-order valence-electron chi connectivity index (χ4n) is 9.15. The van der Waals surface area contributed by atoms with Crippen molar-refractivity contribution in [1.82, 2.24) is 14.4 Å². The minimum absolute atomic E-state index is 0.0441. The summed E-state index contributed by atoms with van der Waals surface area (Å²) in [4.78, 5) is 9.62. The van der Waals surface area contributed by atoms with Gasteiger partial charge in [0.2, 0.25) is 0 Å². The number of benzene rings is 5. The van der Waals surface area contributed by atoms with Crippen molar-refractivity contribution < 1.29 is 0 Å². The van der Waals surface area contributed by atoms with E-state index in [1.54, 1.807) is 0 Å². The van der Waals surface area contributed by atoms with Crippen molar-refractivity contribution in [2.24, 2.45) is 0 Å². The molecule has 4 heterocycles. The molecule has 5 nitrogen and oxygen atoms in total. The Morgan fingerprint density at radius 1 is 0.538 bits per heavy atom. The second kappa shape index (κ2) is 11.3. The van der Waals surface area contributed by atoms with Crippen molar-refractivity contribution >= 4 is 33.2 Å². The van der Waals surface area contributed by atoms with Crippen LogP contribution in [0.1, 0.15) is 76.3 Å². The predicted molar refractivity (Wildman–Crippen MR) is 218 cm³/mol. The maximum atomic E-state index is 2.56. The molecule has 9 rings (SSSR count). The van der Waals surface area contributed by atoms with Gasteiger partial charge in [-0.3, -0.25) is 0 Å². The van der Waals surface area contributed by atoms with Crippen LogP contribution in [0.2, 0.25) is 0 Å². The molecule has 6 aromatic rings. The summed E-state index contributed by atoms with van der Waals surface area (Å²) >= 11 is 0. The molecule has 0 saturated heterocycles. The highest BCUT2D eigenvalue weighted by Gasteiger charge is 2.46. The summed E-state index contributed by atoms with van der Waals surface area (Å²) in [6.45, 7) is 17.6. The predicted octanol–water partition coefficient (Wildman–Crippen LogP) is 10.7. The average Bonchev–Trinajstić information content (AvgIpc) is 3.72. The molecule has 1 atom stereocenters. The van der Waals surface area contributed by atoms with Crippen molar-refractivity contribution in [2.75, 3.05) is 37.2 Å². The second-order valence-electron chi connectivity index (χ2n) is 16.3. The van der Waals surface area contributed by atoms with Gasteiger partial charge in [0.05, 0.1) is 35.5 Å². The number of rotatable bonds is 4. The summed E-state index contributed by atoms with van der Waals surface area (Å²) < 4.78 is 2.56. The third-order valence-corrected chi connectivity index (χ3v) is 12.5. The lowest BCUT2D eigenvalue weighted by atomic mass is 9.63. The summed E-state index contributed by atoms with van der Waals surface area (Å²) in [5.74, 6) is 0. The lowest BCUT2D eigenvalue weighted by molar-refractivity contribution is 0.459. The topological polar surface area (TPSA) is 17.9 Å². The maximum Gasteiger partial charge on any atom is 0.0943 e. The van der Waals surface area contributed by atoms with Crippen LogP contribution < -0.4 is 9.80 Å². The first-order valence-electron chi connectivity index (χ1n) is 18.6. The Bertz CT molecular complexity index is 2490. The smallest absolute Gasteiger partial charge is 0.0943 e. The van der Waals surface area contributed by atoms with Crippen molar-refractivity contribution in [1.29, 1.82) is 0 Å². The van der Waals surface area contributed by atoms with Gasteiger partial charge in [0.25, 0.3) is 0 Å². The van der Waals surface area contributed by atoms with Gasteiger partial charge in [0, 0.05) is 59.0 Å². The quantitative estimate of drug-likeness (QED) is 0.184. The van der Waals surface area contributed by atoms with Crippen LogP contribution in [-0.2, 0) is 10.8 Å². The van der Waals surface area contributed by atoms with E-state index in [2.05, 4.69) is 196 Å². The maximum absolute atomic E-state index is 2.56. The van der Waals surface area contributed by atoms with Gasteiger partial charge >= 0.3 is 0 Å². The van der Waals surface area contributed by atoms with Crippen LogP contribution >= 0.6 is 0 Å². The molecule has 0 radical (unpaired) electrons. The molecule has 0 spiro atoms. The van der Waals surface area contributed by atoms with E-state index in [9.17, 15) is 0 Å². The summed E-state index contributed by atoms with van der Waals surface area (Å²) in [6.07, 6.45) is 0. The van der Waals surface area contributed by atoms with Crippen LogP contribution in [0.4, 0.5) is 11.4 Å². The van der Waals surface area contributed by atoms with Gasteiger partial charge in [-0.25, -0.2) is 0 Å². The molecular weight excluding hydrogens is 635 g/mol. The van der Waals surface area contributed by atoms with Crippen LogP contribution in [0.15, 0.2) is 132 Å². The number of allylic oxidation sites excluding steroid dienone is 4. The fraction of sp³-hybridized carbons (Fsp3) is 0.277. The SMILES string of the molecule is CC1=C(C)N(c2cccc(C3(c4ccccc4)c4cc(N5CN(C)C(C)=C5C)ccc4-n4c5ccc(C(C)(C)C)cc5c5cccc3c54)c2)CN1C. The Labute approximate surface area is 308 Å². The first kappa shape index (κ1) is 32.5. The van der Waals surface area contributed by atoms with Crippen LogP contribution in [0.5, 0.6) is 0 Å². The van der Waals surface area contributed by atoms with E-state index in [4.69, 9.17) is 0 Å². The number of hydrogen-bond donors (Lipinski definition) is 0. The molecule has 0 bridgehead atoms. The first-order valence-corrected chi connectivity index (χ1v) is 18.6. The molecule has 3 aliphatic rings. The zero-order valence-electron chi connectivity index (χ0n) is 32.0. The molecule has 0 amide bonds. The van der Waals surface area contributed by atoms with Gasteiger partial charge in [-0.1, -0.05) is 87.5 Å². The van der Waals surface area contributed by atoms with Crippen LogP contribution in [0.25, 0.3) is 27.5 Å². The summed E-state index contributed by atoms with van der Waals surface area (Å²) in [5.41, 5.74) is 17.4. The number of para-hydroxylation sites is 1. The fourth-order valence-corrected chi connectivity index (χ4v) is 9.15. The van der Waals surface area contributed by atoms with Crippen molar-refractivity contribution in [2.45, 2.75) is 59.3 Å². The van der Waals surface area contributed by atoms with E-state index in [-0.39, 0.29) is 5.41 Å². The molecule has 5 aromatic carbocycles. The van der Waals surface area contributed by atoms with E-state index in [0.717, 1.165) is 13.3 Å². The number of aromatic nitrogens is 1. The molecule has 262 valence electrons. The molecule has 1 aromatic heterocycles. The van der Waals surface area contributed by atoms with Crippen LogP contribution in [-0.4, -0.2) is 41.8 Å². The largest absolute Gasteiger partial charge is 0.359 e. The van der Waals surface area contributed by atoms with Crippen LogP contribution in [0, 0.1) is 0 Å². The summed E-state index contributed by atoms with van der Waals surface area (Å²) in [5, 5.41) is 2.61. The molecule has 0 saturated carbocycles. The normalized spacial score (nSPS) is 18.9. The molecule has 5 heteroatoms. The minimum atomic E-state index is -0.587. The van der Waals surface area contributed by atoms with Crippen molar-refractivity contribution in [3.8, 4) is 5.69 Å². The zero-order chi connectivity index (χ0) is 36.3.